The lowest BCUT2D eigenvalue weighted by molar-refractivity contribution is 0.107. The molecule has 0 aliphatic heterocycles. The number of hydrogen-bond acceptors (Lipinski definition) is 4. The Hall–Kier alpha value is -1.83. The molecule has 2 N–H and O–H groups in total. The van der Waals surface area contributed by atoms with Gasteiger partial charge in [0.2, 0.25) is 0 Å². The van der Waals surface area contributed by atoms with Crippen molar-refractivity contribution >= 4 is 0 Å². The van der Waals surface area contributed by atoms with E-state index in [9.17, 15) is 5.11 Å². The summed E-state index contributed by atoms with van der Waals surface area (Å²) in [6.07, 6.45) is 1.49. The first-order valence-electron chi connectivity index (χ1n) is 6.27. The van der Waals surface area contributed by atoms with Gasteiger partial charge in [0.05, 0.1) is 11.6 Å². The van der Waals surface area contributed by atoms with Crippen LogP contribution >= 0.6 is 0 Å². The third-order valence-electron chi connectivity index (χ3n) is 2.44. The highest BCUT2D eigenvalue weighted by Gasteiger charge is 2.04. The Bertz CT molecular complexity index is 459. The molecule has 0 heterocycles. The van der Waals surface area contributed by atoms with E-state index in [4.69, 9.17) is 10.00 Å². The highest BCUT2D eigenvalue weighted by atomic mass is 16.5. The number of rotatable bonds is 7. The van der Waals surface area contributed by atoms with E-state index >= 15 is 0 Å². The van der Waals surface area contributed by atoms with E-state index < -0.39 is 6.10 Å². The number of hydrogen-bond donors (Lipinski definition) is 2. The van der Waals surface area contributed by atoms with Crippen LogP contribution in [0.3, 0.4) is 0 Å². The number of nitrogens with zero attached hydrogens (tertiary/aromatic N) is 1. The van der Waals surface area contributed by atoms with Crippen molar-refractivity contribution in [3.8, 4) is 11.8 Å². The average molecular weight is 260 g/mol. The maximum Gasteiger partial charge on any atom is 0.120 e. The fourth-order valence-corrected chi connectivity index (χ4v) is 1.43. The number of benzene rings is 1. The minimum Gasteiger partial charge on any atom is -0.491 e. The Balaban J connectivity index is 2.28. The first kappa shape index (κ1) is 15.2. The van der Waals surface area contributed by atoms with Gasteiger partial charge in [-0.3, -0.25) is 0 Å². The number of ether oxygens (including phenoxy) is 1. The monoisotopic (exact) mass is 260 g/mol. The molecular weight excluding hydrogens is 240 g/mol. The van der Waals surface area contributed by atoms with Crippen LogP contribution in [0.1, 0.15) is 19.4 Å². The van der Waals surface area contributed by atoms with Gasteiger partial charge in [-0.15, -0.1) is 0 Å². The fourth-order valence-electron chi connectivity index (χ4n) is 1.43. The molecule has 102 valence electrons. The van der Waals surface area contributed by atoms with Gasteiger partial charge in [-0.25, -0.2) is 0 Å². The zero-order valence-corrected chi connectivity index (χ0v) is 11.4. The zero-order valence-electron chi connectivity index (χ0n) is 11.4. The van der Waals surface area contributed by atoms with E-state index in [0.29, 0.717) is 17.9 Å². The lowest BCUT2D eigenvalue weighted by atomic mass is 10.2. The van der Waals surface area contributed by atoms with Gasteiger partial charge in [0.1, 0.15) is 18.5 Å². The second-order valence-corrected chi connectivity index (χ2v) is 4.54. The molecule has 0 bridgehead atoms. The highest BCUT2D eigenvalue weighted by molar-refractivity contribution is 5.36. The van der Waals surface area contributed by atoms with E-state index in [1.807, 2.05) is 19.9 Å². The smallest absolute Gasteiger partial charge is 0.120 e. The average Bonchev–Trinajstić information content (AvgIpc) is 2.41. The molecule has 1 unspecified atom stereocenters. The largest absolute Gasteiger partial charge is 0.491 e. The minimum atomic E-state index is -0.573. The molecule has 0 aliphatic rings. The van der Waals surface area contributed by atoms with Gasteiger partial charge in [0, 0.05) is 13.1 Å². The quantitative estimate of drug-likeness (QED) is 0.580. The van der Waals surface area contributed by atoms with Crippen LogP contribution in [0.25, 0.3) is 0 Å². The second-order valence-electron chi connectivity index (χ2n) is 4.54. The van der Waals surface area contributed by atoms with Gasteiger partial charge < -0.3 is 15.2 Å². The van der Waals surface area contributed by atoms with Gasteiger partial charge in [0.25, 0.3) is 0 Å². The molecule has 4 heteroatoms. The Morgan fingerprint density at radius 3 is 3.00 bits per heavy atom. The number of aliphatic hydroxyl groups is 1. The topological polar surface area (TPSA) is 65.3 Å². The lowest BCUT2D eigenvalue weighted by Gasteiger charge is -2.12. The number of allylic oxidation sites excluding steroid dienone is 1. The summed E-state index contributed by atoms with van der Waals surface area (Å²) in [5.74, 6) is 0.599. The number of nitriles is 1. The molecule has 0 amide bonds. The predicted octanol–water partition coefficient (Wildman–Crippen LogP) is 1.85. The third kappa shape index (κ3) is 6.61. The first-order valence-corrected chi connectivity index (χ1v) is 6.27. The summed E-state index contributed by atoms with van der Waals surface area (Å²) in [7, 11) is 0. The summed E-state index contributed by atoms with van der Waals surface area (Å²) in [6, 6.07) is 8.94. The second kappa shape index (κ2) is 8.30. The maximum absolute atomic E-state index is 9.73. The van der Waals surface area contributed by atoms with Crippen molar-refractivity contribution in [2.45, 2.75) is 20.0 Å². The molecule has 0 saturated heterocycles. The molecule has 1 rings (SSSR count). The first-order chi connectivity index (χ1) is 9.11. The summed E-state index contributed by atoms with van der Waals surface area (Å²) in [5.41, 5.74) is 1.79. The van der Waals surface area contributed by atoms with Gasteiger partial charge in [-0.2, -0.15) is 5.26 Å². The fraction of sp³-hybridized carbons (Fsp3) is 0.400. The molecule has 0 saturated carbocycles. The molecule has 19 heavy (non-hydrogen) atoms. The molecule has 0 spiro atoms. The van der Waals surface area contributed by atoms with Gasteiger partial charge in [-0.1, -0.05) is 17.7 Å². The van der Waals surface area contributed by atoms with E-state index in [-0.39, 0.29) is 6.61 Å². The molecule has 0 fully saturated rings. The third-order valence-corrected chi connectivity index (χ3v) is 2.44. The maximum atomic E-state index is 9.73. The van der Waals surface area contributed by atoms with Gasteiger partial charge >= 0.3 is 0 Å². The van der Waals surface area contributed by atoms with E-state index in [1.165, 1.54) is 5.57 Å². The van der Waals surface area contributed by atoms with Crippen molar-refractivity contribution in [2.75, 3.05) is 19.7 Å². The normalized spacial score (nSPS) is 11.5. The van der Waals surface area contributed by atoms with Crippen LogP contribution in [0.15, 0.2) is 35.9 Å². The van der Waals surface area contributed by atoms with Crippen LogP contribution in [0.5, 0.6) is 5.75 Å². The summed E-state index contributed by atoms with van der Waals surface area (Å²) in [6.45, 7) is 5.48. The molecule has 1 atom stereocenters. The molecule has 1 aromatic carbocycles. The van der Waals surface area contributed by atoms with Crippen molar-refractivity contribution in [3.05, 3.63) is 41.5 Å². The minimum absolute atomic E-state index is 0.205. The highest BCUT2D eigenvalue weighted by Crippen LogP contribution is 2.12. The van der Waals surface area contributed by atoms with Crippen LogP contribution in [0.2, 0.25) is 0 Å². The lowest BCUT2D eigenvalue weighted by Crippen LogP contribution is -2.31. The Labute approximate surface area is 114 Å². The van der Waals surface area contributed by atoms with Crippen molar-refractivity contribution < 1.29 is 9.84 Å². The summed E-state index contributed by atoms with van der Waals surface area (Å²) >= 11 is 0. The van der Waals surface area contributed by atoms with Crippen molar-refractivity contribution in [1.29, 1.82) is 5.26 Å². The van der Waals surface area contributed by atoms with Gasteiger partial charge in [0.15, 0.2) is 0 Å². The molecule has 0 aliphatic carbocycles. The van der Waals surface area contributed by atoms with E-state index in [2.05, 4.69) is 11.4 Å². The standard InChI is InChI=1S/C15H20N2O2/c1-12(2)6-7-17-10-14(18)11-19-15-5-3-4-13(8-15)9-16/h3-6,8,14,17-18H,7,10-11H2,1-2H3. The van der Waals surface area contributed by atoms with Crippen molar-refractivity contribution in [1.82, 2.24) is 5.32 Å². The Morgan fingerprint density at radius 2 is 2.32 bits per heavy atom. The number of aliphatic hydroxyl groups excluding tert-OH is 1. The molecule has 4 nitrogen and oxygen atoms in total. The Morgan fingerprint density at radius 1 is 1.53 bits per heavy atom. The summed E-state index contributed by atoms with van der Waals surface area (Å²) in [4.78, 5) is 0. The molecule has 0 radical (unpaired) electrons. The van der Waals surface area contributed by atoms with Crippen molar-refractivity contribution in [3.63, 3.8) is 0 Å². The van der Waals surface area contributed by atoms with E-state index in [1.54, 1.807) is 24.3 Å². The Kier molecular flexibility index (Phi) is 6.65. The van der Waals surface area contributed by atoms with Crippen molar-refractivity contribution in [2.24, 2.45) is 0 Å². The molecule has 1 aromatic rings. The summed E-state index contributed by atoms with van der Waals surface area (Å²) in [5, 5.41) is 21.6. The zero-order chi connectivity index (χ0) is 14.1. The SMILES string of the molecule is CC(C)=CCNCC(O)COc1cccc(C#N)c1. The van der Waals surface area contributed by atoms with Crippen LogP contribution in [-0.2, 0) is 0 Å². The molecule has 0 aromatic heterocycles. The summed E-state index contributed by atoms with van der Waals surface area (Å²) < 4.78 is 5.43. The van der Waals surface area contributed by atoms with Gasteiger partial charge in [-0.05, 0) is 32.0 Å². The van der Waals surface area contributed by atoms with E-state index in [0.717, 1.165) is 6.54 Å². The van der Waals surface area contributed by atoms with Crippen LogP contribution in [0, 0.1) is 11.3 Å². The van der Waals surface area contributed by atoms with Crippen LogP contribution in [-0.4, -0.2) is 30.9 Å². The predicted molar refractivity (Wildman–Crippen MR) is 75.0 cm³/mol. The number of nitrogens with one attached hydrogen (secondary N) is 1. The molecular formula is C15H20N2O2. The van der Waals surface area contributed by atoms with Crippen LogP contribution < -0.4 is 10.1 Å². The van der Waals surface area contributed by atoms with Crippen LogP contribution in [0.4, 0.5) is 0 Å².